The van der Waals surface area contributed by atoms with Crippen LogP contribution in [0, 0.1) is 0 Å². The number of benzene rings is 1. The molecule has 0 spiro atoms. The highest BCUT2D eigenvalue weighted by atomic mass is 16.4. The third-order valence-electron chi connectivity index (χ3n) is 3.18. The molecule has 1 aromatic rings. The normalized spacial score (nSPS) is 17.2. The molecule has 0 bridgehead atoms. The maximum atomic E-state index is 10.7. The van der Waals surface area contributed by atoms with Gasteiger partial charge >= 0.3 is 0 Å². The first-order valence-corrected chi connectivity index (χ1v) is 5.89. The molecule has 2 rings (SSSR count). The summed E-state index contributed by atoms with van der Waals surface area (Å²) in [5.74, 6) is -1.09. The van der Waals surface area contributed by atoms with Crippen LogP contribution in [0.2, 0.25) is 0 Å². The van der Waals surface area contributed by atoms with Gasteiger partial charge < -0.3 is 14.8 Å². The lowest BCUT2D eigenvalue weighted by Gasteiger charge is -2.23. The summed E-state index contributed by atoms with van der Waals surface area (Å²) < 4.78 is 0. The minimum atomic E-state index is -1.09. The number of likely N-dealkylation sites (tertiary alicyclic amines) is 1. The van der Waals surface area contributed by atoms with Crippen LogP contribution in [0.4, 0.5) is 0 Å². The predicted octanol–water partition coefficient (Wildman–Crippen LogP) is -0.381. The van der Waals surface area contributed by atoms with E-state index in [2.05, 4.69) is 0 Å². The van der Waals surface area contributed by atoms with E-state index >= 15 is 0 Å². The Bertz CT molecular complexity index is 370. The molecular weight excluding hydrogens is 202 g/mol. The van der Waals surface area contributed by atoms with Gasteiger partial charge in [0.05, 0.1) is 19.1 Å². The van der Waals surface area contributed by atoms with E-state index in [4.69, 9.17) is 0 Å². The summed E-state index contributed by atoms with van der Waals surface area (Å²) in [6.07, 6.45) is 3.91. The first-order valence-electron chi connectivity index (χ1n) is 5.89. The Morgan fingerprint density at radius 1 is 1.25 bits per heavy atom. The lowest BCUT2D eigenvalue weighted by molar-refractivity contribution is -0.918. The molecule has 1 N–H and O–H groups in total. The molecule has 0 radical (unpaired) electrons. The van der Waals surface area contributed by atoms with Crippen molar-refractivity contribution in [3.8, 4) is 0 Å². The molecule has 1 aromatic carbocycles. The third kappa shape index (κ3) is 2.83. The number of carbonyl (C=O) groups excluding carboxylic acids is 1. The second-order valence-corrected chi connectivity index (χ2v) is 4.48. The Kier molecular flexibility index (Phi) is 3.57. The Hall–Kier alpha value is -1.35. The van der Waals surface area contributed by atoms with Crippen molar-refractivity contribution in [1.82, 2.24) is 0 Å². The molecule has 3 heteroatoms. The fourth-order valence-electron chi connectivity index (χ4n) is 2.33. The van der Waals surface area contributed by atoms with Crippen LogP contribution >= 0.6 is 0 Å². The SMILES string of the molecule is O=C([O-])c1cccc(C[NH+]2CCCCC2)c1. The molecule has 0 amide bonds. The van der Waals surface area contributed by atoms with Crippen molar-refractivity contribution in [3.05, 3.63) is 35.4 Å². The van der Waals surface area contributed by atoms with Crippen molar-refractivity contribution in [2.24, 2.45) is 0 Å². The molecule has 0 aromatic heterocycles. The van der Waals surface area contributed by atoms with Crippen LogP contribution in [0.5, 0.6) is 0 Å². The first-order chi connectivity index (χ1) is 7.75. The molecule has 1 saturated heterocycles. The van der Waals surface area contributed by atoms with E-state index in [0.29, 0.717) is 0 Å². The number of hydrogen-bond acceptors (Lipinski definition) is 2. The fourth-order valence-corrected chi connectivity index (χ4v) is 2.33. The molecule has 86 valence electrons. The molecule has 16 heavy (non-hydrogen) atoms. The van der Waals surface area contributed by atoms with E-state index < -0.39 is 5.97 Å². The molecule has 0 saturated carbocycles. The summed E-state index contributed by atoms with van der Waals surface area (Å²) in [5, 5.41) is 10.7. The monoisotopic (exact) mass is 219 g/mol. The van der Waals surface area contributed by atoms with Crippen molar-refractivity contribution >= 4 is 5.97 Å². The zero-order valence-corrected chi connectivity index (χ0v) is 9.37. The van der Waals surface area contributed by atoms with Crippen LogP contribution in [0.15, 0.2) is 24.3 Å². The van der Waals surface area contributed by atoms with E-state index in [0.717, 1.165) is 12.1 Å². The average molecular weight is 219 g/mol. The van der Waals surface area contributed by atoms with Gasteiger partial charge in [-0.1, -0.05) is 18.2 Å². The van der Waals surface area contributed by atoms with Crippen molar-refractivity contribution in [3.63, 3.8) is 0 Å². The van der Waals surface area contributed by atoms with Gasteiger partial charge in [0, 0.05) is 5.56 Å². The number of quaternary nitrogens is 1. The third-order valence-corrected chi connectivity index (χ3v) is 3.18. The Morgan fingerprint density at radius 2 is 2.00 bits per heavy atom. The van der Waals surface area contributed by atoms with Crippen molar-refractivity contribution in [2.75, 3.05) is 13.1 Å². The van der Waals surface area contributed by atoms with Crippen molar-refractivity contribution in [2.45, 2.75) is 25.8 Å². The van der Waals surface area contributed by atoms with Crippen LogP contribution in [0.3, 0.4) is 0 Å². The van der Waals surface area contributed by atoms with E-state index in [1.54, 1.807) is 23.1 Å². The Morgan fingerprint density at radius 3 is 2.69 bits per heavy atom. The largest absolute Gasteiger partial charge is 0.545 e. The minimum absolute atomic E-state index is 0.286. The van der Waals surface area contributed by atoms with Gasteiger partial charge in [0.2, 0.25) is 0 Å². The smallest absolute Gasteiger partial charge is 0.103 e. The maximum Gasteiger partial charge on any atom is 0.103 e. The lowest BCUT2D eigenvalue weighted by atomic mass is 10.1. The summed E-state index contributed by atoms with van der Waals surface area (Å²) in [6.45, 7) is 3.34. The standard InChI is InChI=1S/C13H17NO2/c15-13(16)12-6-4-5-11(9-12)10-14-7-2-1-3-8-14/h4-6,9H,1-3,7-8,10H2,(H,15,16). The van der Waals surface area contributed by atoms with Gasteiger partial charge in [-0.05, 0) is 30.9 Å². The summed E-state index contributed by atoms with van der Waals surface area (Å²) >= 11 is 0. The number of carboxylic acid groups (broad SMARTS) is 1. The van der Waals surface area contributed by atoms with Gasteiger partial charge in [-0.3, -0.25) is 0 Å². The highest BCUT2D eigenvalue weighted by Gasteiger charge is 2.13. The molecular formula is C13H17NO2. The molecule has 1 aliphatic heterocycles. The zero-order chi connectivity index (χ0) is 11.4. The summed E-state index contributed by atoms with van der Waals surface area (Å²) in [6, 6.07) is 7.11. The number of hydrogen-bond donors (Lipinski definition) is 1. The summed E-state index contributed by atoms with van der Waals surface area (Å²) in [5.41, 5.74) is 1.38. The molecule has 0 unspecified atom stereocenters. The molecule has 3 nitrogen and oxygen atoms in total. The molecule has 1 fully saturated rings. The minimum Gasteiger partial charge on any atom is -0.545 e. The second kappa shape index (κ2) is 5.12. The van der Waals surface area contributed by atoms with Crippen LogP contribution < -0.4 is 10.0 Å². The van der Waals surface area contributed by atoms with Gasteiger partial charge in [-0.15, -0.1) is 0 Å². The summed E-state index contributed by atoms with van der Waals surface area (Å²) in [4.78, 5) is 12.3. The number of carboxylic acids is 1. The van der Waals surface area contributed by atoms with Gasteiger partial charge in [0.1, 0.15) is 6.54 Å². The topological polar surface area (TPSA) is 44.6 Å². The van der Waals surface area contributed by atoms with E-state index in [9.17, 15) is 9.90 Å². The van der Waals surface area contributed by atoms with Gasteiger partial charge in [0.25, 0.3) is 0 Å². The number of nitrogens with one attached hydrogen (secondary N) is 1. The number of aromatic carboxylic acids is 1. The van der Waals surface area contributed by atoms with Crippen LogP contribution in [-0.4, -0.2) is 19.1 Å². The fraction of sp³-hybridized carbons (Fsp3) is 0.462. The van der Waals surface area contributed by atoms with Crippen molar-refractivity contribution in [1.29, 1.82) is 0 Å². The average Bonchev–Trinajstić information content (AvgIpc) is 2.30. The van der Waals surface area contributed by atoms with Crippen LogP contribution in [0.1, 0.15) is 35.2 Å². The zero-order valence-electron chi connectivity index (χ0n) is 9.37. The van der Waals surface area contributed by atoms with Crippen LogP contribution in [-0.2, 0) is 6.54 Å². The van der Waals surface area contributed by atoms with Gasteiger partial charge in [-0.25, -0.2) is 0 Å². The number of carbonyl (C=O) groups is 1. The second-order valence-electron chi connectivity index (χ2n) is 4.48. The van der Waals surface area contributed by atoms with E-state index in [1.807, 2.05) is 6.07 Å². The highest BCUT2D eigenvalue weighted by Crippen LogP contribution is 2.04. The van der Waals surface area contributed by atoms with E-state index in [1.165, 1.54) is 32.4 Å². The molecule has 1 aliphatic rings. The lowest BCUT2D eigenvalue weighted by Crippen LogP contribution is -3.11. The quantitative estimate of drug-likeness (QED) is 0.753. The number of piperidine rings is 1. The summed E-state index contributed by atoms with van der Waals surface area (Å²) in [7, 11) is 0. The maximum absolute atomic E-state index is 10.7. The molecule has 0 atom stereocenters. The first kappa shape index (κ1) is 11.1. The molecule has 1 heterocycles. The van der Waals surface area contributed by atoms with Gasteiger partial charge in [-0.2, -0.15) is 0 Å². The molecule has 0 aliphatic carbocycles. The van der Waals surface area contributed by atoms with E-state index in [-0.39, 0.29) is 5.56 Å². The highest BCUT2D eigenvalue weighted by molar-refractivity contribution is 5.85. The number of rotatable bonds is 3. The van der Waals surface area contributed by atoms with Crippen molar-refractivity contribution < 1.29 is 14.8 Å². The van der Waals surface area contributed by atoms with Gasteiger partial charge in [0.15, 0.2) is 0 Å². The Balaban J connectivity index is 2.02. The Labute approximate surface area is 95.7 Å². The predicted molar refractivity (Wildman–Crippen MR) is 59.0 cm³/mol. The van der Waals surface area contributed by atoms with Crippen LogP contribution in [0.25, 0.3) is 0 Å².